The zero-order valence-corrected chi connectivity index (χ0v) is 17.3. The fourth-order valence-corrected chi connectivity index (χ4v) is 5.16. The maximum atomic E-state index is 12.7. The van der Waals surface area contributed by atoms with E-state index in [4.69, 9.17) is 10.2 Å². The number of amides is 2. The number of primary amides is 1. The van der Waals surface area contributed by atoms with Gasteiger partial charge in [0.15, 0.2) is 10.9 Å². The Labute approximate surface area is 174 Å². The fraction of sp³-hybridized carbons (Fsp3) is 0.600. The quantitative estimate of drug-likeness (QED) is 0.724. The van der Waals surface area contributed by atoms with Gasteiger partial charge < -0.3 is 15.1 Å². The minimum atomic E-state index is -0.266. The van der Waals surface area contributed by atoms with E-state index in [-0.39, 0.29) is 17.7 Å². The van der Waals surface area contributed by atoms with Crippen molar-refractivity contribution in [2.45, 2.75) is 56.1 Å². The molecule has 4 rings (SSSR count). The number of nitrogens with two attached hydrogens (primary N) is 1. The van der Waals surface area contributed by atoms with Crippen molar-refractivity contribution < 1.29 is 14.0 Å². The number of thioether (sulfide) groups is 1. The van der Waals surface area contributed by atoms with Gasteiger partial charge >= 0.3 is 0 Å². The molecule has 156 valence electrons. The lowest BCUT2D eigenvalue weighted by Gasteiger charge is -2.30. The maximum Gasteiger partial charge on any atom is 0.233 e. The summed E-state index contributed by atoms with van der Waals surface area (Å²) in [6.07, 6.45) is 8.76. The van der Waals surface area contributed by atoms with E-state index in [0.29, 0.717) is 43.5 Å². The minimum Gasteiger partial charge on any atom is -0.461 e. The van der Waals surface area contributed by atoms with Gasteiger partial charge in [-0.2, -0.15) is 0 Å². The molecule has 0 radical (unpaired) electrons. The Morgan fingerprint density at radius 3 is 2.55 bits per heavy atom. The van der Waals surface area contributed by atoms with E-state index in [1.165, 1.54) is 31.0 Å². The molecule has 2 aliphatic rings. The molecule has 0 unspecified atom stereocenters. The molecule has 0 spiro atoms. The summed E-state index contributed by atoms with van der Waals surface area (Å²) in [6.45, 7) is 1.17. The molecule has 29 heavy (non-hydrogen) atoms. The van der Waals surface area contributed by atoms with Crippen molar-refractivity contribution in [3.63, 3.8) is 0 Å². The Morgan fingerprint density at radius 2 is 1.90 bits per heavy atom. The predicted molar refractivity (Wildman–Crippen MR) is 109 cm³/mol. The van der Waals surface area contributed by atoms with Crippen molar-refractivity contribution in [3.8, 4) is 11.6 Å². The summed E-state index contributed by atoms with van der Waals surface area (Å²) >= 11 is 1.43. The van der Waals surface area contributed by atoms with Crippen LogP contribution >= 0.6 is 11.8 Å². The second kappa shape index (κ2) is 9.02. The van der Waals surface area contributed by atoms with Crippen LogP contribution in [0.25, 0.3) is 11.6 Å². The van der Waals surface area contributed by atoms with Crippen LogP contribution in [0.15, 0.2) is 28.0 Å². The Bertz CT molecular complexity index is 836. The second-order valence-electron chi connectivity index (χ2n) is 7.79. The van der Waals surface area contributed by atoms with Crippen molar-refractivity contribution in [2.24, 2.45) is 11.7 Å². The summed E-state index contributed by atoms with van der Waals surface area (Å²) in [4.78, 5) is 25.8. The predicted octanol–water partition coefficient (Wildman–Crippen LogP) is 2.86. The zero-order chi connectivity index (χ0) is 20.2. The third kappa shape index (κ3) is 4.49. The lowest BCUT2D eigenvalue weighted by atomic mass is 9.95. The van der Waals surface area contributed by atoms with Crippen molar-refractivity contribution >= 4 is 23.6 Å². The zero-order valence-electron chi connectivity index (χ0n) is 16.5. The highest BCUT2D eigenvalue weighted by Crippen LogP contribution is 2.35. The summed E-state index contributed by atoms with van der Waals surface area (Å²) in [5.41, 5.74) is 5.38. The first kappa shape index (κ1) is 20.0. The van der Waals surface area contributed by atoms with Crippen LogP contribution in [0.1, 0.15) is 51.0 Å². The normalized spacial score (nSPS) is 18.8. The number of rotatable bonds is 6. The minimum absolute atomic E-state index is 0.0654. The molecule has 2 amide bonds. The molecular formula is C20H27N5O3S. The Kier molecular flexibility index (Phi) is 6.22. The van der Waals surface area contributed by atoms with E-state index < -0.39 is 0 Å². The van der Waals surface area contributed by atoms with Crippen molar-refractivity contribution in [3.05, 3.63) is 18.4 Å². The Balaban J connectivity index is 1.44. The lowest BCUT2D eigenvalue weighted by Crippen LogP contribution is -2.42. The molecule has 1 aliphatic heterocycles. The fourth-order valence-electron chi connectivity index (χ4n) is 4.25. The third-order valence-corrected chi connectivity index (χ3v) is 6.85. The Morgan fingerprint density at radius 1 is 1.14 bits per heavy atom. The van der Waals surface area contributed by atoms with Crippen LogP contribution in [0.4, 0.5) is 0 Å². The molecule has 2 fully saturated rings. The molecule has 2 aromatic rings. The van der Waals surface area contributed by atoms with Gasteiger partial charge in [0, 0.05) is 25.0 Å². The first-order valence-electron chi connectivity index (χ1n) is 10.3. The number of hydrogen-bond donors (Lipinski definition) is 1. The number of nitrogens with zero attached hydrogens (tertiary/aromatic N) is 4. The first-order valence-corrected chi connectivity index (χ1v) is 11.3. The van der Waals surface area contributed by atoms with Gasteiger partial charge in [0.2, 0.25) is 17.6 Å². The molecule has 2 N–H and O–H groups in total. The molecule has 2 aromatic heterocycles. The van der Waals surface area contributed by atoms with E-state index in [2.05, 4.69) is 14.8 Å². The van der Waals surface area contributed by atoms with Crippen LogP contribution in [-0.2, 0) is 9.59 Å². The summed E-state index contributed by atoms with van der Waals surface area (Å²) in [5, 5.41) is 9.53. The number of hydrogen-bond acceptors (Lipinski definition) is 6. The monoisotopic (exact) mass is 417 g/mol. The van der Waals surface area contributed by atoms with Gasteiger partial charge in [0.05, 0.1) is 12.0 Å². The molecule has 9 heteroatoms. The van der Waals surface area contributed by atoms with Crippen LogP contribution in [0.5, 0.6) is 0 Å². The average molecular weight is 418 g/mol. The molecular weight excluding hydrogens is 390 g/mol. The number of carbonyl (C=O) groups excluding carboxylic acids is 2. The van der Waals surface area contributed by atoms with Gasteiger partial charge in [-0.25, -0.2) is 0 Å². The van der Waals surface area contributed by atoms with Gasteiger partial charge in [0.1, 0.15) is 0 Å². The SMILES string of the molecule is NC(=O)C1CCN(C(=O)CSc2nnc(-c3ccco3)n2C2CCCCC2)CC1. The van der Waals surface area contributed by atoms with Crippen LogP contribution in [-0.4, -0.2) is 50.3 Å². The molecule has 0 bridgehead atoms. The molecule has 1 saturated heterocycles. The largest absolute Gasteiger partial charge is 0.461 e. The number of likely N-dealkylation sites (tertiary alicyclic amines) is 1. The van der Waals surface area contributed by atoms with Crippen LogP contribution in [0.3, 0.4) is 0 Å². The Hall–Kier alpha value is -2.29. The molecule has 8 nitrogen and oxygen atoms in total. The molecule has 0 atom stereocenters. The summed E-state index contributed by atoms with van der Waals surface area (Å²) in [7, 11) is 0. The van der Waals surface area contributed by atoms with E-state index in [1.54, 1.807) is 6.26 Å². The van der Waals surface area contributed by atoms with E-state index in [9.17, 15) is 9.59 Å². The van der Waals surface area contributed by atoms with E-state index >= 15 is 0 Å². The lowest BCUT2D eigenvalue weighted by molar-refractivity contribution is -0.132. The number of piperidine rings is 1. The second-order valence-corrected chi connectivity index (χ2v) is 8.73. The van der Waals surface area contributed by atoms with Gasteiger partial charge in [-0.1, -0.05) is 31.0 Å². The molecule has 0 aromatic carbocycles. The highest BCUT2D eigenvalue weighted by atomic mass is 32.2. The highest BCUT2D eigenvalue weighted by Gasteiger charge is 2.28. The van der Waals surface area contributed by atoms with Crippen molar-refractivity contribution in [1.29, 1.82) is 0 Å². The molecule has 3 heterocycles. The van der Waals surface area contributed by atoms with Crippen molar-refractivity contribution in [2.75, 3.05) is 18.8 Å². The average Bonchev–Trinajstić information content (AvgIpc) is 3.42. The topological polar surface area (TPSA) is 107 Å². The third-order valence-electron chi connectivity index (χ3n) is 5.92. The van der Waals surface area contributed by atoms with Gasteiger partial charge in [-0.3, -0.25) is 14.2 Å². The standard InChI is InChI=1S/C20H27N5O3S/c21-18(27)14-8-10-24(11-9-14)17(26)13-29-20-23-22-19(16-7-4-12-28-16)25(20)15-5-2-1-3-6-15/h4,7,12,14-15H,1-3,5-6,8-11,13H2,(H2,21,27). The van der Waals surface area contributed by atoms with Gasteiger partial charge in [-0.15, -0.1) is 10.2 Å². The number of furan rings is 1. The van der Waals surface area contributed by atoms with Crippen LogP contribution in [0, 0.1) is 5.92 Å². The summed E-state index contributed by atoms with van der Waals surface area (Å²) < 4.78 is 7.73. The van der Waals surface area contributed by atoms with Crippen LogP contribution < -0.4 is 5.73 Å². The first-order chi connectivity index (χ1) is 14.1. The number of carbonyl (C=O) groups is 2. The van der Waals surface area contributed by atoms with Gasteiger partial charge in [-0.05, 0) is 37.8 Å². The smallest absolute Gasteiger partial charge is 0.233 e. The van der Waals surface area contributed by atoms with E-state index in [1.807, 2.05) is 17.0 Å². The van der Waals surface area contributed by atoms with E-state index in [0.717, 1.165) is 23.8 Å². The van der Waals surface area contributed by atoms with Gasteiger partial charge in [0.25, 0.3) is 0 Å². The summed E-state index contributed by atoms with van der Waals surface area (Å²) in [6, 6.07) is 4.08. The van der Waals surface area contributed by atoms with Crippen molar-refractivity contribution in [1.82, 2.24) is 19.7 Å². The highest BCUT2D eigenvalue weighted by molar-refractivity contribution is 7.99. The van der Waals surface area contributed by atoms with Crippen LogP contribution in [0.2, 0.25) is 0 Å². The molecule has 1 aliphatic carbocycles. The maximum absolute atomic E-state index is 12.7. The molecule has 1 saturated carbocycles. The summed E-state index contributed by atoms with van der Waals surface area (Å²) in [5.74, 6) is 1.43. The number of aromatic nitrogens is 3.